The summed E-state index contributed by atoms with van der Waals surface area (Å²) in [4.78, 5) is 42.8. The van der Waals surface area contributed by atoms with Crippen LogP contribution in [0.15, 0.2) is 48.5 Å². The predicted octanol–water partition coefficient (Wildman–Crippen LogP) is 3.16. The summed E-state index contributed by atoms with van der Waals surface area (Å²) in [5.41, 5.74) is 1.38. The predicted molar refractivity (Wildman–Crippen MR) is 112 cm³/mol. The smallest absolute Gasteiger partial charge is 0.262 e. The Kier molecular flexibility index (Phi) is 4.36. The number of halogens is 1. The molecule has 0 radical (unpaired) electrons. The van der Waals surface area contributed by atoms with Gasteiger partial charge in [-0.2, -0.15) is 9.78 Å². The fourth-order valence-electron chi connectivity index (χ4n) is 3.44. The second-order valence-corrected chi connectivity index (χ2v) is 7.97. The third-order valence-electron chi connectivity index (χ3n) is 4.82. The van der Waals surface area contributed by atoms with Gasteiger partial charge in [-0.25, -0.2) is 9.37 Å². The summed E-state index contributed by atoms with van der Waals surface area (Å²) < 4.78 is 16.1. The molecule has 1 N–H and O–H groups in total. The number of carbonyl (C=O) groups excluding carboxylic acids is 3. The van der Waals surface area contributed by atoms with Crippen LogP contribution in [-0.4, -0.2) is 43.9 Å². The van der Waals surface area contributed by atoms with Gasteiger partial charge in [-0.1, -0.05) is 29.5 Å². The fraction of sp³-hybridized carbons (Fsp3) is 0.0952. The van der Waals surface area contributed by atoms with Gasteiger partial charge in [0, 0.05) is 6.07 Å². The Bertz CT molecular complexity index is 1360. The van der Waals surface area contributed by atoms with Gasteiger partial charge in [0.05, 0.1) is 21.5 Å². The fourth-order valence-corrected chi connectivity index (χ4v) is 4.38. The maximum atomic E-state index is 14.0. The van der Waals surface area contributed by atoms with Crippen molar-refractivity contribution < 1.29 is 18.8 Å². The van der Waals surface area contributed by atoms with Crippen molar-refractivity contribution in [2.45, 2.75) is 6.92 Å². The molecule has 0 unspecified atom stereocenters. The molecule has 154 valence electrons. The molecule has 1 aliphatic heterocycles. The van der Waals surface area contributed by atoms with Crippen molar-refractivity contribution in [1.82, 2.24) is 19.7 Å². The number of amides is 3. The zero-order chi connectivity index (χ0) is 21.7. The Morgan fingerprint density at radius 3 is 2.48 bits per heavy atom. The number of fused-ring (bicyclic) bond motifs is 2. The van der Waals surface area contributed by atoms with Crippen molar-refractivity contribution in [2.75, 3.05) is 11.9 Å². The first-order chi connectivity index (χ1) is 14.9. The van der Waals surface area contributed by atoms with E-state index in [0.717, 1.165) is 4.90 Å². The molecule has 0 bridgehead atoms. The minimum Gasteiger partial charge on any atom is -0.309 e. The lowest BCUT2D eigenvalue weighted by atomic mass is 10.1. The quantitative estimate of drug-likeness (QED) is 0.497. The molecule has 3 amide bonds. The van der Waals surface area contributed by atoms with Crippen LogP contribution in [0.25, 0.3) is 15.3 Å². The van der Waals surface area contributed by atoms with Crippen LogP contribution in [-0.2, 0) is 4.79 Å². The number of thiazole rings is 1. The van der Waals surface area contributed by atoms with E-state index in [1.165, 1.54) is 22.1 Å². The third-order valence-corrected chi connectivity index (χ3v) is 5.81. The summed E-state index contributed by atoms with van der Waals surface area (Å²) in [5.74, 6) is -1.73. The largest absolute Gasteiger partial charge is 0.309 e. The van der Waals surface area contributed by atoms with Crippen molar-refractivity contribution in [1.29, 1.82) is 0 Å². The molecule has 2 aromatic carbocycles. The number of hydrogen-bond donors (Lipinski definition) is 1. The van der Waals surface area contributed by atoms with Crippen LogP contribution in [0.1, 0.15) is 26.4 Å². The van der Waals surface area contributed by atoms with Gasteiger partial charge in [0.2, 0.25) is 11.0 Å². The summed E-state index contributed by atoms with van der Waals surface area (Å²) in [7, 11) is 0. The summed E-state index contributed by atoms with van der Waals surface area (Å²) in [6.07, 6.45) is 0. The van der Waals surface area contributed by atoms with E-state index in [1.807, 2.05) is 0 Å². The summed E-state index contributed by atoms with van der Waals surface area (Å²) >= 11 is 1.22. The van der Waals surface area contributed by atoms with Gasteiger partial charge in [0.25, 0.3) is 11.8 Å². The zero-order valence-electron chi connectivity index (χ0n) is 16.1. The first-order valence-electron chi connectivity index (χ1n) is 9.29. The van der Waals surface area contributed by atoms with Gasteiger partial charge in [-0.3, -0.25) is 19.3 Å². The minimum absolute atomic E-state index is 0.221. The number of nitrogens with zero attached hydrogens (tertiary/aromatic N) is 4. The van der Waals surface area contributed by atoms with E-state index in [2.05, 4.69) is 15.4 Å². The molecular formula is C21H14FN5O3S. The number of aromatic nitrogens is 3. The minimum atomic E-state index is -0.567. The molecule has 8 nitrogen and oxygen atoms in total. The Morgan fingerprint density at radius 1 is 1.10 bits per heavy atom. The van der Waals surface area contributed by atoms with Gasteiger partial charge >= 0.3 is 0 Å². The number of aryl methyl sites for hydroxylation is 1. The van der Waals surface area contributed by atoms with Crippen LogP contribution in [0.2, 0.25) is 0 Å². The summed E-state index contributed by atoms with van der Waals surface area (Å²) in [6.45, 7) is 1.30. The molecule has 0 spiro atoms. The number of carbonyl (C=O) groups is 3. The molecule has 1 aliphatic rings. The third kappa shape index (κ3) is 3.17. The molecule has 4 aromatic rings. The van der Waals surface area contributed by atoms with Gasteiger partial charge in [-0.15, -0.1) is 0 Å². The first-order valence-corrected chi connectivity index (χ1v) is 10.1. The molecule has 2 aromatic heterocycles. The zero-order valence-corrected chi connectivity index (χ0v) is 16.9. The molecule has 3 heterocycles. The van der Waals surface area contributed by atoms with Crippen LogP contribution in [0.3, 0.4) is 0 Å². The van der Waals surface area contributed by atoms with Crippen LogP contribution < -0.4 is 5.32 Å². The van der Waals surface area contributed by atoms with E-state index in [1.54, 1.807) is 49.4 Å². The number of hydrogen-bond acceptors (Lipinski definition) is 6. The molecule has 0 atom stereocenters. The number of para-hydroxylation sites is 1. The van der Waals surface area contributed by atoms with Gasteiger partial charge in [0.15, 0.2) is 0 Å². The van der Waals surface area contributed by atoms with Gasteiger partial charge in [-0.05, 0) is 31.2 Å². The van der Waals surface area contributed by atoms with Gasteiger partial charge < -0.3 is 5.32 Å². The Hall–Kier alpha value is -3.92. The average Bonchev–Trinajstić information content (AvgIpc) is 3.40. The molecule has 5 rings (SSSR count). The maximum absolute atomic E-state index is 14.0. The lowest BCUT2D eigenvalue weighted by Gasteiger charge is -2.13. The number of benzene rings is 2. The van der Waals surface area contributed by atoms with Crippen molar-refractivity contribution in [3.63, 3.8) is 0 Å². The lowest BCUT2D eigenvalue weighted by Crippen LogP contribution is -2.37. The topological polar surface area (TPSA) is 97.2 Å². The van der Waals surface area contributed by atoms with E-state index in [0.29, 0.717) is 21.3 Å². The average molecular weight is 435 g/mol. The normalized spacial score (nSPS) is 13.2. The van der Waals surface area contributed by atoms with Crippen LogP contribution in [0.4, 0.5) is 10.2 Å². The number of imide groups is 1. The summed E-state index contributed by atoms with van der Waals surface area (Å²) in [5, 5.41) is 7.38. The van der Waals surface area contributed by atoms with Crippen molar-refractivity contribution >= 4 is 45.1 Å². The van der Waals surface area contributed by atoms with E-state index in [4.69, 9.17) is 0 Å². The van der Waals surface area contributed by atoms with Crippen molar-refractivity contribution in [3.8, 4) is 5.13 Å². The number of rotatable bonds is 4. The highest BCUT2D eigenvalue weighted by Gasteiger charge is 2.36. The highest BCUT2D eigenvalue weighted by Crippen LogP contribution is 2.29. The van der Waals surface area contributed by atoms with Crippen molar-refractivity contribution in [2.24, 2.45) is 0 Å². The highest BCUT2D eigenvalue weighted by molar-refractivity contribution is 7.20. The molecule has 0 aliphatic carbocycles. The van der Waals surface area contributed by atoms with Crippen LogP contribution in [0.5, 0.6) is 0 Å². The highest BCUT2D eigenvalue weighted by atomic mass is 32.1. The number of anilines is 1. The van der Waals surface area contributed by atoms with E-state index >= 15 is 0 Å². The lowest BCUT2D eigenvalue weighted by molar-refractivity contribution is -0.116. The van der Waals surface area contributed by atoms with E-state index < -0.39 is 30.1 Å². The second kappa shape index (κ2) is 7.10. The molecule has 0 fully saturated rings. The second-order valence-electron chi connectivity index (χ2n) is 6.96. The molecule has 0 saturated heterocycles. The molecule has 10 heteroatoms. The van der Waals surface area contributed by atoms with E-state index in [9.17, 15) is 18.8 Å². The van der Waals surface area contributed by atoms with Crippen LogP contribution >= 0.6 is 11.3 Å². The molecule has 0 saturated carbocycles. The maximum Gasteiger partial charge on any atom is 0.262 e. The standard InChI is InChI=1S/C21H14FN5O3S/c1-11-9-16(27(25-11)21-24-18-14(22)7-4-8-15(18)31-21)23-17(28)10-26-19(29)12-5-2-3-6-13(12)20(26)30/h2-9H,10H2,1H3,(H,23,28). The van der Waals surface area contributed by atoms with Crippen LogP contribution in [0, 0.1) is 12.7 Å². The molecule has 31 heavy (non-hydrogen) atoms. The molecular weight excluding hydrogens is 421 g/mol. The van der Waals surface area contributed by atoms with Crippen molar-refractivity contribution in [3.05, 3.63) is 71.2 Å². The first kappa shape index (κ1) is 19.1. The number of nitrogens with one attached hydrogen (secondary N) is 1. The Balaban J connectivity index is 1.40. The monoisotopic (exact) mass is 435 g/mol. The summed E-state index contributed by atoms with van der Waals surface area (Å²) in [6, 6.07) is 12.7. The Morgan fingerprint density at radius 2 is 1.81 bits per heavy atom. The van der Waals surface area contributed by atoms with E-state index in [-0.39, 0.29) is 16.6 Å². The SMILES string of the molecule is Cc1cc(NC(=O)CN2C(=O)c3ccccc3C2=O)n(-c2nc3c(F)cccc3s2)n1. The Labute approximate surface area is 178 Å². The van der Waals surface area contributed by atoms with Gasteiger partial charge in [0.1, 0.15) is 23.7 Å².